The monoisotopic (exact) mass is 517 g/mol. The Balaban J connectivity index is 1.52. The second kappa shape index (κ2) is 8.32. The highest BCUT2D eigenvalue weighted by molar-refractivity contribution is 7.90. The van der Waals surface area contributed by atoms with E-state index in [0.29, 0.717) is 32.8 Å². The second-order valence-electron chi connectivity index (χ2n) is 8.30. The first-order chi connectivity index (χ1) is 17.1. The van der Waals surface area contributed by atoms with Gasteiger partial charge in [0.05, 0.1) is 37.1 Å². The molecule has 186 valence electrons. The van der Waals surface area contributed by atoms with Crippen molar-refractivity contribution in [3.05, 3.63) is 55.1 Å². The van der Waals surface area contributed by atoms with Crippen LogP contribution in [0, 0.1) is 11.3 Å². The lowest BCUT2D eigenvalue weighted by Gasteiger charge is -2.47. The molecular formula is C22H18F3N7O3S. The number of hydrogen-bond acceptors (Lipinski definition) is 7. The molecule has 4 aromatic rings. The Kier molecular flexibility index (Phi) is 5.49. The molecule has 0 saturated carbocycles. The smallest absolute Gasteiger partial charge is 0.497 e. The lowest BCUT2D eigenvalue weighted by atomic mass is 9.89. The fourth-order valence-corrected chi connectivity index (χ4v) is 5.26. The molecule has 1 fully saturated rings. The molecule has 1 aromatic carbocycles. The van der Waals surface area contributed by atoms with Crippen LogP contribution in [0.3, 0.4) is 0 Å². The van der Waals surface area contributed by atoms with Crippen molar-refractivity contribution in [2.24, 2.45) is 0 Å². The minimum atomic E-state index is -5.50. The Morgan fingerprint density at radius 3 is 2.56 bits per heavy atom. The quantitative estimate of drug-likeness (QED) is 0.386. The van der Waals surface area contributed by atoms with Gasteiger partial charge in [0.15, 0.2) is 0 Å². The van der Waals surface area contributed by atoms with Crippen LogP contribution in [0.25, 0.3) is 28.3 Å². The van der Waals surface area contributed by atoms with E-state index in [4.69, 9.17) is 9.72 Å². The average molecular weight is 517 g/mol. The molecule has 0 bridgehead atoms. The van der Waals surface area contributed by atoms with Gasteiger partial charge in [-0.25, -0.2) is 18.4 Å². The lowest BCUT2D eigenvalue weighted by molar-refractivity contribution is -0.0565. The normalized spacial score (nSPS) is 16.0. The minimum absolute atomic E-state index is 0.224. The predicted molar refractivity (Wildman–Crippen MR) is 121 cm³/mol. The van der Waals surface area contributed by atoms with Gasteiger partial charge in [-0.15, -0.1) is 0 Å². The van der Waals surface area contributed by atoms with Crippen molar-refractivity contribution in [1.82, 2.24) is 28.5 Å². The third kappa shape index (κ3) is 3.76. The molecule has 36 heavy (non-hydrogen) atoms. The highest BCUT2D eigenvalue weighted by atomic mass is 32.2. The zero-order valence-corrected chi connectivity index (χ0v) is 19.5. The van der Waals surface area contributed by atoms with Gasteiger partial charge in [-0.2, -0.15) is 27.8 Å². The van der Waals surface area contributed by atoms with Crippen LogP contribution < -0.4 is 4.74 Å². The summed E-state index contributed by atoms with van der Waals surface area (Å²) < 4.78 is 71.0. The Hall–Kier alpha value is -3.96. The maximum Gasteiger partial charge on any atom is 0.511 e. The van der Waals surface area contributed by atoms with E-state index >= 15 is 0 Å². The van der Waals surface area contributed by atoms with Crippen LogP contribution in [0.4, 0.5) is 13.2 Å². The first-order valence-corrected chi connectivity index (χ1v) is 12.0. The van der Waals surface area contributed by atoms with E-state index in [1.807, 2.05) is 18.2 Å². The van der Waals surface area contributed by atoms with Crippen LogP contribution in [0.2, 0.25) is 0 Å². The molecule has 1 saturated heterocycles. The van der Waals surface area contributed by atoms with Crippen molar-refractivity contribution in [3.8, 4) is 34.5 Å². The number of ether oxygens (including phenoxy) is 1. The van der Waals surface area contributed by atoms with Gasteiger partial charge in [-0.3, -0.25) is 9.08 Å². The van der Waals surface area contributed by atoms with Crippen LogP contribution in [0.1, 0.15) is 6.42 Å². The summed E-state index contributed by atoms with van der Waals surface area (Å²) in [6.45, 7) is -1.05. The fourth-order valence-electron chi connectivity index (χ4n) is 4.15. The van der Waals surface area contributed by atoms with Crippen LogP contribution in [0.15, 0.2) is 55.1 Å². The molecule has 0 radical (unpaired) electrons. The lowest BCUT2D eigenvalue weighted by Crippen LogP contribution is -2.65. The molecule has 4 heterocycles. The molecule has 1 aliphatic rings. The molecule has 0 atom stereocenters. The zero-order valence-electron chi connectivity index (χ0n) is 18.7. The number of nitriles is 1. The Morgan fingerprint density at radius 2 is 1.92 bits per heavy atom. The number of nitrogens with zero attached hydrogens (tertiary/aromatic N) is 7. The number of alkyl halides is 3. The summed E-state index contributed by atoms with van der Waals surface area (Å²) in [5.41, 5.74) is -4.09. The molecule has 0 spiro atoms. The van der Waals surface area contributed by atoms with E-state index in [1.165, 1.54) is 10.9 Å². The van der Waals surface area contributed by atoms with Gasteiger partial charge in [0.25, 0.3) is 0 Å². The van der Waals surface area contributed by atoms with E-state index in [-0.39, 0.29) is 6.42 Å². The summed E-state index contributed by atoms with van der Waals surface area (Å²) in [4.78, 5) is 9.09. The number of aromatic nitrogens is 5. The zero-order chi connectivity index (χ0) is 25.7. The first-order valence-electron chi connectivity index (χ1n) is 10.6. The van der Waals surface area contributed by atoms with E-state index in [0.717, 1.165) is 5.56 Å². The topological polar surface area (TPSA) is 118 Å². The van der Waals surface area contributed by atoms with Gasteiger partial charge in [-0.05, 0) is 24.3 Å². The molecule has 0 unspecified atom stereocenters. The largest absolute Gasteiger partial charge is 0.511 e. The van der Waals surface area contributed by atoms with Gasteiger partial charge in [0.1, 0.15) is 22.8 Å². The molecular weight excluding hydrogens is 499 g/mol. The number of hydrogen-bond donors (Lipinski definition) is 0. The molecule has 0 aliphatic carbocycles. The Bertz CT molecular complexity index is 1580. The van der Waals surface area contributed by atoms with Gasteiger partial charge in [-0.1, -0.05) is 0 Å². The number of sulfonamides is 1. The van der Waals surface area contributed by atoms with E-state index < -0.39 is 34.2 Å². The molecule has 10 nitrogen and oxygen atoms in total. The highest BCUT2D eigenvalue weighted by Gasteiger charge is 2.59. The summed E-state index contributed by atoms with van der Waals surface area (Å²) in [5.74, 6) is 1.15. The molecule has 3 aromatic heterocycles. The van der Waals surface area contributed by atoms with Crippen molar-refractivity contribution in [1.29, 1.82) is 5.26 Å². The van der Waals surface area contributed by atoms with Crippen molar-refractivity contribution >= 4 is 15.7 Å². The summed E-state index contributed by atoms with van der Waals surface area (Å²) in [7, 11) is -3.93. The van der Waals surface area contributed by atoms with Crippen molar-refractivity contribution in [3.63, 3.8) is 0 Å². The summed E-state index contributed by atoms with van der Waals surface area (Å²) in [6.07, 6.45) is 6.11. The van der Waals surface area contributed by atoms with E-state index in [9.17, 15) is 26.9 Å². The molecule has 1 aliphatic heterocycles. The maximum atomic E-state index is 13.0. The predicted octanol–water partition coefficient (Wildman–Crippen LogP) is 3.04. The number of fused-ring (bicyclic) bond motifs is 1. The number of rotatable bonds is 6. The molecule has 0 N–H and O–H groups in total. The van der Waals surface area contributed by atoms with Crippen LogP contribution in [0.5, 0.6) is 5.75 Å². The number of methoxy groups -OCH3 is 1. The summed E-state index contributed by atoms with van der Waals surface area (Å²) in [5, 5.41) is 13.6. The Labute approximate surface area is 203 Å². The second-order valence-corrected chi connectivity index (χ2v) is 10.2. The SMILES string of the molecule is COc1ccc(-c2cc3nccn3c(-c3cnn(C4(CC#N)CN(S(=O)(=O)C(F)(F)F)C4)c3)n2)cc1. The van der Waals surface area contributed by atoms with Crippen molar-refractivity contribution in [2.45, 2.75) is 17.5 Å². The van der Waals surface area contributed by atoms with Crippen LogP contribution in [-0.4, -0.2) is 62.6 Å². The number of benzene rings is 1. The van der Waals surface area contributed by atoms with Gasteiger partial charge in [0.2, 0.25) is 0 Å². The van der Waals surface area contributed by atoms with E-state index in [1.54, 1.807) is 48.3 Å². The third-order valence-electron chi connectivity index (χ3n) is 6.08. The molecule has 5 rings (SSSR count). The number of imidazole rings is 1. The van der Waals surface area contributed by atoms with E-state index in [2.05, 4.69) is 10.1 Å². The van der Waals surface area contributed by atoms with Crippen LogP contribution in [-0.2, 0) is 15.6 Å². The summed E-state index contributed by atoms with van der Waals surface area (Å²) >= 11 is 0. The van der Waals surface area contributed by atoms with Crippen molar-refractivity contribution < 1.29 is 26.3 Å². The molecule has 0 amide bonds. The highest BCUT2D eigenvalue weighted by Crippen LogP contribution is 2.39. The Morgan fingerprint density at radius 1 is 1.19 bits per heavy atom. The standard InChI is InChI=1S/C22H18F3N7O3S/c1-35-17-4-2-15(3-5-17)18-10-19-27-8-9-31(19)20(29-18)16-11-28-32(12-16)21(6-7-26)13-30(14-21)36(33,34)22(23,24)25/h2-5,8-12H,6,13-14H2,1H3. The summed E-state index contributed by atoms with van der Waals surface area (Å²) in [6, 6.07) is 11.0. The van der Waals surface area contributed by atoms with Gasteiger partial charge < -0.3 is 4.74 Å². The minimum Gasteiger partial charge on any atom is -0.497 e. The van der Waals surface area contributed by atoms with Crippen LogP contribution >= 0.6 is 0 Å². The van der Waals surface area contributed by atoms with Gasteiger partial charge in [0, 0.05) is 43.3 Å². The average Bonchev–Trinajstić information content (AvgIpc) is 3.50. The number of halogens is 3. The molecule has 14 heteroatoms. The first kappa shape index (κ1) is 23.8. The van der Waals surface area contributed by atoms with Crippen molar-refractivity contribution in [2.75, 3.05) is 20.2 Å². The van der Waals surface area contributed by atoms with Gasteiger partial charge >= 0.3 is 15.5 Å². The maximum absolute atomic E-state index is 13.0. The fraction of sp³-hybridized carbons (Fsp3) is 0.273. The third-order valence-corrected chi connectivity index (χ3v) is 7.61.